The van der Waals surface area contributed by atoms with Gasteiger partial charge in [0.1, 0.15) is 13.2 Å². The van der Waals surface area contributed by atoms with Gasteiger partial charge >= 0.3 is 11.9 Å². The van der Waals surface area contributed by atoms with Gasteiger partial charge in [0.2, 0.25) is 0 Å². The summed E-state index contributed by atoms with van der Waals surface area (Å²) in [5.41, 5.74) is 0.948. The molecule has 0 aliphatic carbocycles. The van der Waals surface area contributed by atoms with Crippen molar-refractivity contribution in [1.29, 1.82) is 0 Å². The van der Waals surface area contributed by atoms with Gasteiger partial charge in [-0.15, -0.1) is 0 Å². The van der Waals surface area contributed by atoms with Crippen LogP contribution in [0.3, 0.4) is 0 Å². The molecule has 0 fully saturated rings. The molecule has 0 saturated heterocycles. The predicted molar refractivity (Wildman–Crippen MR) is 95.6 cm³/mol. The van der Waals surface area contributed by atoms with Gasteiger partial charge in [0.05, 0.1) is 11.1 Å². The molecular formula is C20H24O5. The largest absolute Gasteiger partial charge is 0.458 e. The zero-order valence-corrected chi connectivity index (χ0v) is 14.6. The van der Waals surface area contributed by atoms with Crippen LogP contribution in [0.15, 0.2) is 60.7 Å². The van der Waals surface area contributed by atoms with Crippen LogP contribution >= 0.6 is 0 Å². The van der Waals surface area contributed by atoms with E-state index in [2.05, 4.69) is 0 Å². The van der Waals surface area contributed by atoms with Crippen LogP contribution in [0.4, 0.5) is 0 Å². The van der Waals surface area contributed by atoms with E-state index >= 15 is 0 Å². The van der Waals surface area contributed by atoms with E-state index in [1.807, 2.05) is 26.0 Å². The highest BCUT2D eigenvalue weighted by molar-refractivity contribution is 5.90. The van der Waals surface area contributed by atoms with Crippen molar-refractivity contribution in [3.8, 4) is 0 Å². The molecule has 0 aliphatic heterocycles. The molecule has 5 heteroatoms. The van der Waals surface area contributed by atoms with Crippen LogP contribution in [0, 0.1) is 0 Å². The first kappa shape index (κ1) is 20.4. The predicted octanol–water partition coefficient (Wildman–Crippen LogP) is 3.74. The van der Waals surface area contributed by atoms with Crippen LogP contribution in [-0.2, 0) is 14.2 Å². The third-order valence-electron chi connectivity index (χ3n) is 2.98. The van der Waals surface area contributed by atoms with Crippen LogP contribution in [0.1, 0.15) is 34.6 Å². The molecular weight excluding hydrogens is 320 g/mol. The molecule has 5 nitrogen and oxygen atoms in total. The van der Waals surface area contributed by atoms with Gasteiger partial charge < -0.3 is 14.2 Å². The molecule has 0 aromatic heterocycles. The van der Waals surface area contributed by atoms with E-state index in [0.717, 1.165) is 13.2 Å². The highest BCUT2D eigenvalue weighted by atomic mass is 16.6. The lowest BCUT2D eigenvalue weighted by molar-refractivity contribution is 0.0265. The summed E-state index contributed by atoms with van der Waals surface area (Å²) in [5, 5.41) is 0. The van der Waals surface area contributed by atoms with Gasteiger partial charge in [-0.1, -0.05) is 36.4 Å². The summed E-state index contributed by atoms with van der Waals surface area (Å²) in [6.07, 6.45) is 0. The van der Waals surface area contributed by atoms with Crippen molar-refractivity contribution >= 4 is 11.9 Å². The summed E-state index contributed by atoms with van der Waals surface area (Å²) in [7, 11) is 0. The zero-order valence-electron chi connectivity index (χ0n) is 14.6. The van der Waals surface area contributed by atoms with Gasteiger partial charge in [-0.05, 0) is 38.1 Å². The standard InChI is InChI=1S/C16H14O4.C4H10O/c17-15(13-7-3-1-4-8-13)19-11-12-20-16(18)14-9-5-2-6-10-14;1-3-5-4-2/h1-10H,11-12H2;3-4H2,1-2H3. The smallest absolute Gasteiger partial charge is 0.338 e. The number of benzene rings is 2. The lowest BCUT2D eigenvalue weighted by Gasteiger charge is -2.06. The summed E-state index contributed by atoms with van der Waals surface area (Å²) in [6.45, 7) is 5.73. The first-order valence-corrected chi connectivity index (χ1v) is 8.21. The third-order valence-corrected chi connectivity index (χ3v) is 2.98. The maximum Gasteiger partial charge on any atom is 0.338 e. The van der Waals surface area contributed by atoms with E-state index in [4.69, 9.17) is 14.2 Å². The minimum atomic E-state index is -0.429. The lowest BCUT2D eigenvalue weighted by Crippen LogP contribution is -2.14. The lowest BCUT2D eigenvalue weighted by atomic mass is 10.2. The second-order valence-corrected chi connectivity index (χ2v) is 4.79. The molecule has 0 spiro atoms. The maximum absolute atomic E-state index is 11.6. The second kappa shape index (κ2) is 12.7. The molecule has 2 aromatic rings. The molecule has 0 amide bonds. The monoisotopic (exact) mass is 344 g/mol. The molecule has 0 heterocycles. The Bertz CT molecular complexity index is 555. The molecule has 2 aromatic carbocycles. The molecule has 0 radical (unpaired) electrons. The van der Waals surface area contributed by atoms with Gasteiger partial charge in [-0.25, -0.2) is 9.59 Å². The summed E-state index contributed by atoms with van der Waals surface area (Å²) < 4.78 is 14.8. The van der Waals surface area contributed by atoms with Crippen molar-refractivity contribution in [2.24, 2.45) is 0 Å². The van der Waals surface area contributed by atoms with Gasteiger partial charge in [0.15, 0.2) is 0 Å². The van der Waals surface area contributed by atoms with Crippen molar-refractivity contribution in [3.05, 3.63) is 71.8 Å². The third kappa shape index (κ3) is 8.67. The number of rotatable bonds is 7. The zero-order chi connectivity index (χ0) is 18.3. The minimum absolute atomic E-state index is 0.0340. The van der Waals surface area contributed by atoms with Crippen molar-refractivity contribution in [2.45, 2.75) is 13.8 Å². The number of esters is 2. The molecule has 0 bridgehead atoms. The van der Waals surface area contributed by atoms with Crippen molar-refractivity contribution in [2.75, 3.05) is 26.4 Å². The molecule has 134 valence electrons. The Labute approximate surface area is 148 Å². The SMILES string of the molecule is CCOCC.O=C(OCCOC(=O)c1ccccc1)c1ccccc1. The van der Waals surface area contributed by atoms with Crippen LogP contribution in [-0.4, -0.2) is 38.4 Å². The van der Waals surface area contributed by atoms with E-state index in [9.17, 15) is 9.59 Å². The normalized spacial score (nSPS) is 9.52. The van der Waals surface area contributed by atoms with Gasteiger partial charge in [-0.2, -0.15) is 0 Å². The minimum Gasteiger partial charge on any atom is -0.458 e. The summed E-state index contributed by atoms with van der Waals surface area (Å²) in [5.74, 6) is -0.859. The van der Waals surface area contributed by atoms with Crippen molar-refractivity contribution in [1.82, 2.24) is 0 Å². The van der Waals surface area contributed by atoms with Gasteiger partial charge in [0, 0.05) is 13.2 Å². The van der Waals surface area contributed by atoms with E-state index in [0.29, 0.717) is 11.1 Å². The van der Waals surface area contributed by atoms with E-state index < -0.39 is 11.9 Å². The fourth-order valence-electron chi connectivity index (χ4n) is 1.79. The number of carbonyl (C=O) groups excluding carboxylic acids is 2. The van der Waals surface area contributed by atoms with Crippen LogP contribution in [0.2, 0.25) is 0 Å². The molecule has 2 rings (SSSR count). The Kier molecular flexibility index (Phi) is 10.4. The summed E-state index contributed by atoms with van der Waals surface area (Å²) in [4.78, 5) is 23.2. The van der Waals surface area contributed by atoms with E-state index in [1.54, 1.807) is 48.5 Å². The highest BCUT2D eigenvalue weighted by Gasteiger charge is 2.08. The fourth-order valence-corrected chi connectivity index (χ4v) is 1.79. The van der Waals surface area contributed by atoms with E-state index in [-0.39, 0.29) is 13.2 Å². The number of ether oxygens (including phenoxy) is 3. The van der Waals surface area contributed by atoms with Gasteiger partial charge in [-0.3, -0.25) is 0 Å². The first-order valence-electron chi connectivity index (χ1n) is 8.21. The van der Waals surface area contributed by atoms with Crippen LogP contribution < -0.4 is 0 Å². The number of hydrogen-bond donors (Lipinski definition) is 0. The highest BCUT2D eigenvalue weighted by Crippen LogP contribution is 2.02. The Morgan fingerprint density at radius 1 is 0.680 bits per heavy atom. The van der Waals surface area contributed by atoms with Crippen molar-refractivity contribution < 1.29 is 23.8 Å². The average Bonchev–Trinajstić information content (AvgIpc) is 2.67. The van der Waals surface area contributed by atoms with Gasteiger partial charge in [0.25, 0.3) is 0 Å². The molecule has 0 N–H and O–H groups in total. The molecule has 25 heavy (non-hydrogen) atoms. The Hall–Kier alpha value is -2.66. The fraction of sp³-hybridized carbons (Fsp3) is 0.300. The topological polar surface area (TPSA) is 61.8 Å². The second-order valence-electron chi connectivity index (χ2n) is 4.79. The number of hydrogen-bond acceptors (Lipinski definition) is 5. The molecule has 0 saturated carbocycles. The Morgan fingerprint density at radius 3 is 1.32 bits per heavy atom. The summed E-state index contributed by atoms with van der Waals surface area (Å²) in [6, 6.07) is 17.3. The molecule has 0 atom stereocenters. The van der Waals surface area contributed by atoms with Crippen LogP contribution in [0.5, 0.6) is 0 Å². The molecule has 0 aliphatic rings. The van der Waals surface area contributed by atoms with Crippen LogP contribution in [0.25, 0.3) is 0 Å². The Morgan fingerprint density at radius 2 is 1.04 bits per heavy atom. The van der Waals surface area contributed by atoms with E-state index in [1.165, 1.54) is 0 Å². The Balaban J connectivity index is 0.000000550. The quantitative estimate of drug-likeness (QED) is 0.565. The maximum atomic E-state index is 11.6. The van der Waals surface area contributed by atoms with Crippen molar-refractivity contribution in [3.63, 3.8) is 0 Å². The average molecular weight is 344 g/mol. The number of carbonyl (C=O) groups is 2. The summed E-state index contributed by atoms with van der Waals surface area (Å²) >= 11 is 0. The molecule has 0 unspecified atom stereocenters. The first-order chi connectivity index (χ1) is 12.2.